The highest BCUT2D eigenvalue weighted by molar-refractivity contribution is 9.10. The number of nitrogens with one attached hydrogen (secondary N) is 1. The van der Waals surface area contributed by atoms with Crippen LogP contribution in [0.15, 0.2) is 53.0 Å². The van der Waals surface area contributed by atoms with Gasteiger partial charge in [0.1, 0.15) is 5.75 Å². The molecule has 2 rings (SSSR count). The van der Waals surface area contributed by atoms with Crippen molar-refractivity contribution < 1.29 is 14.6 Å². The van der Waals surface area contributed by atoms with Gasteiger partial charge in [0.15, 0.2) is 6.61 Å². The van der Waals surface area contributed by atoms with Gasteiger partial charge in [0.25, 0.3) is 5.91 Å². The summed E-state index contributed by atoms with van der Waals surface area (Å²) in [4.78, 5) is 11.7. The number of aliphatic hydroxyl groups is 1. The molecule has 0 aliphatic carbocycles. The predicted molar refractivity (Wildman–Crippen MR) is 80.6 cm³/mol. The third-order valence-corrected chi connectivity index (χ3v) is 3.08. The smallest absolute Gasteiger partial charge is 0.262 e. The van der Waals surface area contributed by atoms with E-state index in [9.17, 15) is 4.79 Å². The van der Waals surface area contributed by atoms with Gasteiger partial charge in [-0.3, -0.25) is 4.79 Å². The first-order chi connectivity index (χ1) is 9.67. The van der Waals surface area contributed by atoms with Crippen LogP contribution in [0.5, 0.6) is 5.75 Å². The van der Waals surface area contributed by atoms with E-state index >= 15 is 0 Å². The molecule has 0 spiro atoms. The van der Waals surface area contributed by atoms with Gasteiger partial charge in [0.2, 0.25) is 0 Å². The van der Waals surface area contributed by atoms with E-state index in [2.05, 4.69) is 21.2 Å². The Morgan fingerprint density at radius 1 is 1.20 bits per heavy atom. The van der Waals surface area contributed by atoms with Gasteiger partial charge in [-0.15, -0.1) is 0 Å². The fraction of sp³-hybridized carbons (Fsp3) is 0.133. The van der Waals surface area contributed by atoms with E-state index in [4.69, 9.17) is 9.84 Å². The Hall–Kier alpha value is -1.85. The van der Waals surface area contributed by atoms with Gasteiger partial charge < -0.3 is 15.2 Å². The number of carbonyl (C=O) groups is 1. The average molecular weight is 336 g/mol. The van der Waals surface area contributed by atoms with Gasteiger partial charge in [-0.2, -0.15) is 0 Å². The average Bonchev–Trinajstić information content (AvgIpc) is 2.46. The molecule has 0 aliphatic heterocycles. The Morgan fingerprint density at radius 3 is 2.60 bits per heavy atom. The highest BCUT2D eigenvalue weighted by Gasteiger charge is 2.04. The molecule has 1 amide bonds. The highest BCUT2D eigenvalue weighted by Crippen LogP contribution is 2.16. The molecule has 0 atom stereocenters. The molecule has 0 bridgehead atoms. The molecule has 0 aliphatic rings. The molecule has 5 heteroatoms. The predicted octanol–water partition coefficient (Wildman–Crippen LogP) is 2.96. The Labute approximate surface area is 125 Å². The summed E-state index contributed by atoms with van der Waals surface area (Å²) in [5.74, 6) is 0.362. The number of anilines is 1. The zero-order valence-corrected chi connectivity index (χ0v) is 12.3. The van der Waals surface area contributed by atoms with E-state index in [0.717, 1.165) is 10.0 Å². The van der Waals surface area contributed by atoms with Crippen LogP contribution in [0, 0.1) is 0 Å². The minimum atomic E-state index is -0.227. The van der Waals surface area contributed by atoms with Gasteiger partial charge in [0.05, 0.1) is 6.61 Å². The third kappa shape index (κ3) is 4.36. The molecule has 4 nitrogen and oxygen atoms in total. The molecular weight excluding hydrogens is 322 g/mol. The van der Waals surface area contributed by atoms with Crippen LogP contribution < -0.4 is 10.1 Å². The molecule has 0 unspecified atom stereocenters. The first kappa shape index (κ1) is 14.6. The lowest BCUT2D eigenvalue weighted by atomic mass is 10.2. The maximum atomic E-state index is 11.7. The Kier molecular flexibility index (Phi) is 5.15. The molecule has 104 valence electrons. The number of benzene rings is 2. The van der Waals surface area contributed by atoms with Crippen LogP contribution >= 0.6 is 15.9 Å². The van der Waals surface area contributed by atoms with Crippen molar-refractivity contribution in [2.45, 2.75) is 6.61 Å². The zero-order chi connectivity index (χ0) is 14.4. The zero-order valence-electron chi connectivity index (χ0n) is 10.7. The standard InChI is InChI=1S/C15H14BrNO3/c16-12-2-1-3-13(8-12)17-15(19)10-20-14-6-4-11(9-18)5-7-14/h1-8,18H,9-10H2,(H,17,19). The van der Waals surface area contributed by atoms with E-state index in [1.54, 1.807) is 30.3 Å². The Morgan fingerprint density at radius 2 is 1.95 bits per heavy atom. The molecule has 0 aromatic heterocycles. The van der Waals surface area contributed by atoms with Crippen molar-refractivity contribution in [3.05, 3.63) is 58.6 Å². The van der Waals surface area contributed by atoms with Gasteiger partial charge in [-0.05, 0) is 35.9 Å². The molecular formula is C15H14BrNO3. The SMILES string of the molecule is O=C(COc1ccc(CO)cc1)Nc1cccc(Br)c1. The van der Waals surface area contributed by atoms with Gasteiger partial charge >= 0.3 is 0 Å². The van der Waals surface area contributed by atoms with Crippen molar-refractivity contribution in [1.29, 1.82) is 0 Å². The summed E-state index contributed by atoms with van der Waals surface area (Å²) in [6.45, 7) is -0.0748. The second-order valence-electron chi connectivity index (χ2n) is 4.15. The minimum Gasteiger partial charge on any atom is -0.484 e. The quantitative estimate of drug-likeness (QED) is 0.883. The number of hydrogen-bond acceptors (Lipinski definition) is 3. The van der Waals surface area contributed by atoms with Crippen molar-refractivity contribution in [1.82, 2.24) is 0 Å². The fourth-order valence-corrected chi connectivity index (χ4v) is 2.00. The summed E-state index contributed by atoms with van der Waals surface area (Å²) in [7, 11) is 0. The van der Waals surface area contributed by atoms with Crippen LogP contribution in [-0.2, 0) is 11.4 Å². The van der Waals surface area contributed by atoms with Crippen molar-refractivity contribution in [3.63, 3.8) is 0 Å². The van der Waals surface area contributed by atoms with Crippen LogP contribution in [0.2, 0.25) is 0 Å². The van der Waals surface area contributed by atoms with Gasteiger partial charge in [-0.25, -0.2) is 0 Å². The first-order valence-electron chi connectivity index (χ1n) is 6.05. The molecule has 0 radical (unpaired) electrons. The molecule has 0 saturated carbocycles. The van der Waals surface area contributed by atoms with Crippen LogP contribution in [0.3, 0.4) is 0 Å². The molecule has 20 heavy (non-hydrogen) atoms. The summed E-state index contributed by atoms with van der Waals surface area (Å²) in [6.07, 6.45) is 0. The number of amides is 1. The maximum absolute atomic E-state index is 11.7. The number of carbonyl (C=O) groups excluding carboxylic acids is 1. The topological polar surface area (TPSA) is 58.6 Å². The minimum absolute atomic E-state index is 0.0103. The van der Waals surface area contributed by atoms with Crippen molar-refractivity contribution in [2.75, 3.05) is 11.9 Å². The Bertz CT molecular complexity index is 584. The molecule has 0 heterocycles. The second-order valence-corrected chi connectivity index (χ2v) is 5.06. The molecule has 2 aromatic rings. The lowest BCUT2D eigenvalue weighted by Gasteiger charge is -2.08. The molecule has 2 aromatic carbocycles. The van der Waals surface area contributed by atoms with Gasteiger partial charge in [-0.1, -0.05) is 34.1 Å². The van der Waals surface area contributed by atoms with Crippen LogP contribution in [0.25, 0.3) is 0 Å². The van der Waals surface area contributed by atoms with Gasteiger partial charge in [0, 0.05) is 10.2 Å². The van der Waals surface area contributed by atoms with E-state index < -0.39 is 0 Å². The third-order valence-electron chi connectivity index (χ3n) is 2.58. The van der Waals surface area contributed by atoms with Crippen LogP contribution in [0.1, 0.15) is 5.56 Å². The highest BCUT2D eigenvalue weighted by atomic mass is 79.9. The van der Waals surface area contributed by atoms with E-state index in [-0.39, 0.29) is 19.1 Å². The summed E-state index contributed by atoms with van der Waals surface area (Å²) in [6, 6.07) is 14.3. The first-order valence-corrected chi connectivity index (χ1v) is 6.84. The van der Waals surface area contributed by atoms with E-state index in [0.29, 0.717) is 11.4 Å². The normalized spacial score (nSPS) is 10.1. The molecule has 0 saturated heterocycles. The molecule has 0 fully saturated rings. The summed E-state index contributed by atoms with van der Waals surface area (Å²) in [5, 5.41) is 11.7. The molecule has 2 N–H and O–H groups in total. The fourth-order valence-electron chi connectivity index (χ4n) is 1.60. The van der Waals surface area contributed by atoms with Crippen LogP contribution in [0.4, 0.5) is 5.69 Å². The number of rotatable bonds is 5. The number of halogens is 1. The van der Waals surface area contributed by atoms with Crippen molar-refractivity contribution in [3.8, 4) is 5.75 Å². The number of hydrogen-bond donors (Lipinski definition) is 2. The second kappa shape index (κ2) is 7.07. The largest absolute Gasteiger partial charge is 0.484 e. The van der Waals surface area contributed by atoms with Crippen molar-refractivity contribution in [2.24, 2.45) is 0 Å². The number of ether oxygens (including phenoxy) is 1. The lowest BCUT2D eigenvalue weighted by Crippen LogP contribution is -2.20. The monoisotopic (exact) mass is 335 g/mol. The van der Waals surface area contributed by atoms with E-state index in [1.807, 2.05) is 18.2 Å². The lowest BCUT2D eigenvalue weighted by molar-refractivity contribution is -0.118. The summed E-state index contributed by atoms with van der Waals surface area (Å²) < 4.78 is 6.26. The van der Waals surface area contributed by atoms with Crippen molar-refractivity contribution >= 4 is 27.5 Å². The van der Waals surface area contributed by atoms with E-state index in [1.165, 1.54) is 0 Å². The number of aliphatic hydroxyl groups excluding tert-OH is 1. The van der Waals surface area contributed by atoms with Crippen LogP contribution in [-0.4, -0.2) is 17.6 Å². The summed E-state index contributed by atoms with van der Waals surface area (Å²) in [5.41, 5.74) is 1.51. The Balaban J connectivity index is 1.85. The summed E-state index contributed by atoms with van der Waals surface area (Å²) >= 11 is 3.34. The maximum Gasteiger partial charge on any atom is 0.262 e.